The number of hydrogen-bond donors (Lipinski definition) is 0. The first-order chi connectivity index (χ1) is 15.8. The maximum atomic E-state index is 13.8. The summed E-state index contributed by atoms with van der Waals surface area (Å²) in [4.78, 5) is 20.4. The number of rotatable bonds is 7. The van der Waals surface area contributed by atoms with Crippen LogP contribution in [-0.2, 0) is 10.3 Å². The van der Waals surface area contributed by atoms with Gasteiger partial charge in [0.05, 0.1) is 12.1 Å². The van der Waals surface area contributed by atoms with Gasteiger partial charge in [-0.15, -0.1) is 0 Å². The highest BCUT2D eigenvalue weighted by atomic mass is 16.5. The molecule has 1 unspecified atom stereocenters. The lowest BCUT2D eigenvalue weighted by atomic mass is 9.68. The maximum Gasteiger partial charge on any atom is 0.320 e. The molecule has 1 atom stereocenters. The number of amides is 2. The van der Waals surface area contributed by atoms with Gasteiger partial charge in [-0.2, -0.15) is 0 Å². The lowest BCUT2D eigenvalue weighted by molar-refractivity contribution is 0.00737. The van der Waals surface area contributed by atoms with Crippen molar-refractivity contribution in [1.82, 2.24) is 14.7 Å². The normalized spacial score (nSPS) is 32.0. The molecule has 1 aromatic carbocycles. The molecule has 2 amide bonds. The zero-order chi connectivity index (χ0) is 23.7. The highest BCUT2D eigenvalue weighted by Crippen LogP contribution is 2.49. The van der Waals surface area contributed by atoms with E-state index < -0.39 is 5.60 Å². The quantitative estimate of drug-likeness (QED) is 0.582. The van der Waals surface area contributed by atoms with Gasteiger partial charge in [0.2, 0.25) is 0 Å². The summed E-state index contributed by atoms with van der Waals surface area (Å²) >= 11 is 0. The average Bonchev–Trinajstić information content (AvgIpc) is 3.05. The van der Waals surface area contributed by atoms with Gasteiger partial charge in [-0.3, -0.25) is 4.90 Å². The number of hydrogen-bond acceptors (Lipinski definition) is 3. The van der Waals surface area contributed by atoms with Gasteiger partial charge in [-0.05, 0) is 51.3 Å². The molecule has 5 nitrogen and oxygen atoms in total. The highest BCUT2D eigenvalue weighted by Gasteiger charge is 2.55. The Morgan fingerprint density at radius 2 is 1.76 bits per heavy atom. The largest absolute Gasteiger partial charge is 0.372 e. The SMILES string of the molecule is COC1(CN2CC3(CCC(c4ccccc4)(N(C)C)CC3)N(CC(C)C)C2=O)C=CC=CC1. The summed E-state index contributed by atoms with van der Waals surface area (Å²) in [6.45, 7) is 6.64. The van der Waals surface area contributed by atoms with Crippen LogP contribution in [0.5, 0.6) is 0 Å². The number of nitrogens with zero attached hydrogens (tertiary/aromatic N) is 3. The summed E-state index contributed by atoms with van der Waals surface area (Å²) in [7, 11) is 6.17. The molecule has 1 spiro atoms. The lowest BCUT2D eigenvalue weighted by Gasteiger charge is -2.51. The predicted octanol–water partition coefficient (Wildman–Crippen LogP) is 5.05. The molecule has 33 heavy (non-hydrogen) atoms. The van der Waals surface area contributed by atoms with E-state index >= 15 is 0 Å². The van der Waals surface area contributed by atoms with Crippen molar-refractivity contribution in [3.8, 4) is 0 Å². The van der Waals surface area contributed by atoms with E-state index in [0.717, 1.165) is 45.2 Å². The van der Waals surface area contributed by atoms with E-state index in [1.165, 1.54) is 5.56 Å². The molecule has 1 aromatic rings. The molecule has 0 aromatic heterocycles. The van der Waals surface area contributed by atoms with Gasteiger partial charge < -0.3 is 14.5 Å². The van der Waals surface area contributed by atoms with E-state index in [-0.39, 0.29) is 17.1 Å². The minimum absolute atomic E-state index is 0.0249. The Morgan fingerprint density at radius 1 is 1.06 bits per heavy atom. The topological polar surface area (TPSA) is 36.0 Å². The number of methoxy groups -OCH3 is 1. The molecule has 2 aliphatic carbocycles. The standard InChI is InChI=1S/C28H41N3O2/c1-23(2)20-31-25(32)30(22-27(33-5)14-10-7-11-15-27)21-26(31)16-18-28(19-17-26,29(3)4)24-12-8-6-9-13-24/h6-14,23H,15-22H2,1-5H3. The zero-order valence-electron chi connectivity index (χ0n) is 21.1. The molecule has 2 fully saturated rings. The van der Waals surface area contributed by atoms with Crippen LogP contribution in [0.2, 0.25) is 0 Å². The summed E-state index contributed by atoms with van der Waals surface area (Å²) in [6.07, 6.45) is 13.3. The summed E-state index contributed by atoms with van der Waals surface area (Å²) in [5.74, 6) is 0.439. The Balaban J connectivity index is 1.60. The number of benzene rings is 1. The maximum absolute atomic E-state index is 13.8. The number of carbonyl (C=O) groups is 1. The first-order valence-electron chi connectivity index (χ1n) is 12.4. The van der Waals surface area contributed by atoms with E-state index in [2.05, 4.69) is 91.2 Å². The monoisotopic (exact) mass is 451 g/mol. The van der Waals surface area contributed by atoms with Gasteiger partial charge in [-0.25, -0.2) is 4.79 Å². The fourth-order valence-electron chi connectivity index (χ4n) is 6.24. The van der Waals surface area contributed by atoms with Crippen molar-refractivity contribution in [2.75, 3.05) is 40.8 Å². The Bertz CT molecular complexity index is 884. The fourth-order valence-corrected chi connectivity index (χ4v) is 6.24. The molecule has 0 radical (unpaired) electrons. The van der Waals surface area contributed by atoms with Crippen molar-refractivity contribution in [3.05, 3.63) is 60.2 Å². The van der Waals surface area contributed by atoms with Gasteiger partial charge in [0.1, 0.15) is 5.60 Å². The first-order valence-corrected chi connectivity index (χ1v) is 12.4. The Labute approximate surface area is 200 Å². The van der Waals surface area contributed by atoms with Gasteiger partial charge in [0.15, 0.2) is 0 Å². The van der Waals surface area contributed by atoms with Crippen LogP contribution in [-0.4, -0.2) is 72.7 Å². The summed E-state index contributed by atoms with van der Waals surface area (Å²) in [5, 5.41) is 0. The summed E-state index contributed by atoms with van der Waals surface area (Å²) < 4.78 is 5.95. The number of carbonyl (C=O) groups excluding carboxylic acids is 1. The Morgan fingerprint density at radius 3 is 2.30 bits per heavy atom. The summed E-state index contributed by atoms with van der Waals surface area (Å²) in [6, 6.07) is 11.1. The molecular formula is C28H41N3O2. The zero-order valence-corrected chi connectivity index (χ0v) is 21.1. The molecule has 1 aliphatic heterocycles. The Hall–Kier alpha value is -2.11. The second-order valence-electron chi connectivity index (χ2n) is 10.9. The van der Waals surface area contributed by atoms with Crippen molar-refractivity contribution in [1.29, 1.82) is 0 Å². The van der Waals surface area contributed by atoms with Crippen LogP contribution in [0.25, 0.3) is 0 Å². The first kappa shape index (κ1) is 24.0. The van der Waals surface area contributed by atoms with Gasteiger partial charge in [0, 0.05) is 32.2 Å². The average molecular weight is 452 g/mol. The van der Waals surface area contributed by atoms with Crippen molar-refractivity contribution < 1.29 is 9.53 Å². The predicted molar refractivity (Wildman–Crippen MR) is 134 cm³/mol. The highest BCUT2D eigenvalue weighted by molar-refractivity contribution is 5.78. The van der Waals surface area contributed by atoms with Crippen LogP contribution in [0, 0.1) is 5.92 Å². The van der Waals surface area contributed by atoms with Crippen LogP contribution in [0.15, 0.2) is 54.6 Å². The van der Waals surface area contributed by atoms with E-state index in [1.54, 1.807) is 7.11 Å². The van der Waals surface area contributed by atoms with Crippen molar-refractivity contribution in [2.24, 2.45) is 5.92 Å². The van der Waals surface area contributed by atoms with Crippen molar-refractivity contribution in [2.45, 2.75) is 62.6 Å². The van der Waals surface area contributed by atoms with Gasteiger partial charge >= 0.3 is 6.03 Å². The molecule has 1 saturated heterocycles. The minimum Gasteiger partial charge on any atom is -0.372 e. The van der Waals surface area contributed by atoms with Crippen LogP contribution < -0.4 is 0 Å². The molecule has 4 rings (SSSR count). The third-order valence-electron chi connectivity index (χ3n) is 8.26. The van der Waals surface area contributed by atoms with E-state index in [1.807, 2.05) is 6.08 Å². The molecule has 180 valence electrons. The van der Waals surface area contributed by atoms with Gasteiger partial charge in [-0.1, -0.05) is 68.5 Å². The third-order valence-corrected chi connectivity index (χ3v) is 8.26. The van der Waals surface area contributed by atoms with E-state index in [4.69, 9.17) is 4.74 Å². The third kappa shape index (κ3) is 4.38. The van der Waals surface area contributed by atoms with Crippen molar-refractivity contribution >= 4 is 6.03 Å². The minimum atomic E-state index is -0.425. The molecule has 5 heteroatoms. The van der Waals surface area contributed by atoms with Crippen LogP contribution >= 0.6 is 0 Å². The van der Waals surface area contributed by atoms with E-state index in [9.17, 15) is 4.79 Å². The van der Waals surface area contributed by atoms with Crippen LogP contribution in [0.1, 0.15) is 51.5 Å². The van der Waals surface area contributed by atoms with E-state index in [0.29, 0.717) is 12.5 Å². The Kier molecular flexibility index (Phi) is 6.75. The fraction of sp³-hybridized carbons (Fsp3) is 0.607. The van der Waals surface area contributed by atoms with Crippen molar-refractivity contribution in [3.63, 3.8) is 0 Å². The van der Waals surface area contributed by atoms with Crippen LogP contribution in [0.4, 0.5) is 4.79 Å². The molecule has 1 saturated carbocycles. The molecule has 1 heterocycles. The number of allylic oxidation sites excluding steroid dienone is 2. The number of urea groups is 1. The molecular weight excluding hydrogens is 410 g/mol. The second kappa shape index (κ2) is 9.27. The van der Waals surface area contributed by atoms with Gasteiger partial charge in [0.25, 0.3) is 0 Å². The molecule has 3 aliphatic rings. The second-order valence-corrected chi connectivity index (χ2v) is 10.9. The summed E-state index contributed by atoms with van der Waals surface area (Å²) in [5.41, 5.74) is 0.889. The lowest BCUT2D eigenvalue weighted by Crippen LogP contribution is -2.56. The smallest absolute Gasteiger partial charge is 0.320 e. The molecule has 0 bridgehead atoms. The van der Waals surface area contributed by atoms with Crippen LogP contribution in [0.3, 0.4) is 0 Å². The number of ether oxygens (including phenoxy) is 1. The molecule has 0 N–H and O–H groups in total.